The van der Waals surface area contributed by atoms with Crippen LogP contribution in [0.3, 0.4) is 0 Å². The fourth-order valence-corrected chi connectivity index (χ4v) is 7.52. The van der Waals surface area contributed by atoms with E-state index in [0.717, 1.165) is 12.8 Å². The summed E-state index contributed by atoms with van der Waals surface area (Å²) in [4.78, 5) is 1.40. The number of thioether (sulfide) groups is 1. The van der Waals surface area contributed by atoms with Crippen LogP contribution in [0.2, 0.25) is 0 Å². The molecule has 1 atom stereocenters. The molecule has 1 heterocycles. The van der Waals surface area contributed by atoms with Gasteiger partial charge in [-0.15, -0.1) is 0 Å². The lowest BCUT2D eigenvalue weighted by molar-refractivity contribution is 0.935. The van der Waals surface area contributed by atoms with E-state index in [1.165, 1.54) is 71.1 Å². The van der Waals surface area contributed by atoms with Crippen LogP contribution >= 0.6 is 11.8 Å². The Morgan fingerprint density at radius 1 is 0.595 bits per heavy atom. The van der Waals surface area contributed by atoms with E-state index in [-0.39, 0.29) is 5.37 Å². The molecule has 0 spiro atoms. The highest BCUT2D eigenvalue weighted by atomic mass is 32.2. The number of fused-ring (bicyclic) bond motifs is 8. The van der Waals surface area contributed by atoms with Crippen LogP contribution in [0.25, 0.3) is 43.8 Å². The molecule has 6 aromatic rings. The van der Waals surface area contributed by atoms with Crippen molar-refractivity contribution in [1.82, 2.24) is 0 Å². The fraction of sp³-hybridized carbons (Fsp3) is 0.0857. The lowest BCUT2D eigenvalue weighted by Crippen LogP contribution is -2.05. The van der Waals surface area contributed by atoms with Gasteiger partial charge >= 0.3 is 0 Å². The highest BCUT2D eigenvalue weighted by molar-refractivity contribution is 8.00. The van der Waals surface area contributed by atoms with Crippen LogP contribution in [0.1, 0.15) is 22.1 Å². The van der Waals surface area contributed by atoms with Crippen LogP contribution in [0, 0.1) is 0 Å². The molecule has 0 saturated carbocycles. The third-order valence-corrected chi connectivity index (χ3v) is 9.28. The molecule has 6 aromatic carbocycles. The molecule has 2 heteroatoms. The molecule has 1 aliphatic heterocycles. The van der Waals surface area contributed by atoms with Crippen LogP contribution in [0.5, 0.6) is 0 Å². The molecular weight excluding hydrogens is 466 g/mol. The number of hydrogen-bond acceptors (Lipinski definition) is 2. The zero-order valence-electron chi connectivity index (χ0n) is 20.4. The topological polar surface area (TPSA) is 12.0 Å². The average Bonchev–Trinajstić information content (AvgIpc) is 3.41. The summed E-state index contributed by atoms with van der Waals surface area (Å²) in [5, 5.41) is 9.28. The number of rotatable bonds is 2. The van der Waals surface area contributed by atoms with E-state index in [9.17, 15) is 0 Å². The molecule has 1 N–H and O–H groups in total. The van der Waals surface area contributed by atoms with Crippen molar-refractivity contribution in [1.29, 1.82) is 0 Å². The van der Waals surface area contributed by atoms with E-state index in [2.05, 4.69) is 121 Å². The van der Waals surface area contributed by atoms with Gasteiger partial charge in [-0.25, -0.2) is 0 Å². The predicted molar refractivity (Wildman–Crippen MR) is 158 cm³/mol. The monoisotopic (exact) mass is 491 g/mol. The van der Waals surface area contributed by atoms with Crippen molar-refractivity contribution in [3.05, 3.63) is 132 Å². The maximum Gasteiger partial charge on any atom is 0.103 e. The van der Waals surface area contributed by atoms with Gasteiger partial charge in [0.15, 0.2) is 0 Å². The van der Waals surface area contributed by atoms with Gasteiger partial charge in [-0.2, -0.15) is 0 Å². The summed E-state index contributed by atoms with van der Waals surface area (Å²) in [5.41, 5.74) is 10.9. The number of nitrogens with one attached hydrogen (secondary N) is 1. The molecule has 1 nitrogen and oxygen atoms in total. The summed E-state index contributed by atoms with van der Waals surface area (Å²) in [7, 11) is 0. The van der Waals surface area contributed by atoms with E-state index >= 15 is 0 Å². The first-order valence-corrected chi connectivity index (χ1v) is 13.9. The Labute approximate surface area is 221 Å². The zero-order chi connectivity index (χ0) is 24.3. The number of anilines is 1. The van der Waals surface area contributed by atoms with Crippen molar-refractivity contribution in [2.45, 2.75) is 23.1 Å². The molecular formula is C35H25NS. The van der Waals surface area contributed by atoms with Gasteiger partial charge in [0, 0.05) is 16.1 Å². The van der Waals surface area contributed by atoms with Crippen LogP contribution in [-0.2, 0) is 12.8 Å². The second kappa shape index (κ2) is 8.26. The largest absolute Gasteiger partial charge is 0.368 e. The van der Waals surface area contributed by atoms with Crippen LogP contribution in [-0.4, -0.2) is 0 Å². The Morgan fingerprint density at radius 2 is 1.32 bits per heavy atom. The maximum absolute atomic E-state index is 3.79. The summed E-state index contributed by atoms with van der Waals surface area (Å²) in [5.74, 6) is 0. The maximum atomic E-state index is 3.79. The summed E-state index contributed by atoms with van der Waals surface area (Å²) in [6, 6.07) is 42.6. The SMILES string of the molecule is c1ccc(C2Nc3ccc4c(c3S2)-c2cc(-c3cc5ccccc5c5ccccc35)ccc2CC4)cc1. The van der Waals surface area contributed by atoms with E-state index in [1.807, 2.05) is 11.8 Å². The third-order valence-electron chi connectivity index (χ3n) is 7.99. The van der Waals surface area contributed by atoms with E-state index in [0.29, 0.717) is 0 Å². The van der Waals surface area contributed by atoms with Crippen molar-refractivity contribution >= 4 is 39.0 Å². The summed E-state index contributed by atoms with van der Waals surface area (Å²) in [6.45, 7) is 0. The normalized spacial score (nSPS) is 15.7. The lowest BCUT2D eigenvalue weighted by Gasteiger charge is -2.23. The highest BCUT2D eigenvalue weighted by Crippen LogP contribution is 2.53. The van der Waals surface area contributed by atoms with Crippen LogP contribution in [0.15, 0.2) is 120 Å². The van der Waals surface area contributed by atoms with Crippen molar-refractivity contribution in [2.75, 3.05) is 5.32 Å². The molecule has 8 rings (SSSR count). The number of benzene rings is 6. The Balaban J connectivity index is 1.31. The molecule has 0 saturated heterocycles. The minimum Gasteiger partial charge on any atom is -0.368 e. The summed E-state index contributed by atoms with van der Waals surface area (Å²) in [6.07, 6.45) is 2.20. The molecule has 1 aliphatic carbocycles. The predicted octanol–water partition coefficient (Wildman–Crippen LogP) is 9.64. The Hall–Kier alpha value is -4.01. The number of aryl methyl sites for hydroxylation is 2. The number of hydrogen-bond donors (Lipinski definition) is 1. The summed E-state index contributed by atoms with van der Waals surface area (Å²) < 4.78 is 0. The van der Waals surface area contributed by atoms with Gasteiger partial charge in [0.25, 0.3) is 0 Å². The van der Waals surface area contributed by atoms with Crippen molar-refractivity contribution in [3.8, 4) is 22.3 Å². The fourth-order valence-electron chi connectivity index (χ4n) is 6.19. The smallest absolute Gasteiger partial charge is 0.103 e. The summed E-state index contributed by atoms with van der Waals surface area (Å²) >= 11 is 1.96. The quantitative estimate of drug-likeness (QED) is 0.242. The first-order valence-electron chi connectivity index (χ1n) is 13.0. The van der Waals surface area contributed by atoms with Gasteiger partial charge in [0.05, 0.1) is 0 Å². The van der Waals surface area contributed by atoms with Crippen molar-refractivity contribution < 1.29 is 0 Å². The van der Waals surface area contributed by atoms with Crippen LogP contribution in [0.4, 0.5) is 5.69 Å². The molecule has 176 valence electrons. The molecule has 2 aliphatic rings. The Morgan fingerprint density at radius 3 is 2.22 bits per heavy atom. The zero-order valence-corrected chi connectivity index (χ0v) is 21.2. The first-order chi connectivity index (χ1) is 18.3. The standard InChI is InChI=1S/C35H25NS/c1-2-8-24(9-3-1)35-36-32-19-18-23-16-14-22-15-17-26(21-31(22)33(23)34(32)37-35)30-20-25-10-4-5-11-27(25)28-12-6-7-13-29(28)30/h1-13,15,17-21,35-36H,14,16H2. The molecule has 0 aromatic heterocycles. The second-order valence-electron chi connectivity index (χ2n) is 10.1. The van der Waals surface area contributed by atoms with Crippen molar-refractivity contribution in [3.63, 3.8) is 0 Å². The van der Waals surface area contributed by atoms with E-state index in [1.54, 1.807) is 0 Å². The van der Waals surface area contributed by atoms with E-state index in [4.69, 9.17) is 0 Å². The molecule has 1 unspecified atom stereocenters. The van der Waals surface area contributed by atoms with Gasteiger partial charge in [-0.05, 0) is 86.0 Å². The minimum absolute atomic E-state index is 0.251. The Bertz CT molecular complexity index is 1840. The van der Waals surface area contributed by atoms with Gasteiger partial charge < -0.3 is 5.32 Å². The molecule has 0 bridgehead atoms. The van der Waals surface area contributed by atoms with Gasteiger partial charge in [0.2, 0.25) is 0 Å². The van der Waals surface area contributed by atoms with Crippen molar-refractivity contribution in [2.24, 2.45) is 0 Å². The third kappa shape index (κ3) is 3.33. The molecule has 0 amide bonds. The first kappa shape index (κ1) is 21.1. The highest BCUT2D eigenvalue weighted by Gasteiger charge is 2.30. The van der Waals surface area contributed by atoms with Gasteiger partial charge in [-0.1, -0.05) is 109 Å². The molecule has 0 radical (unpaired) electrons. The molecule has 37 heavy (non-hydrogen) atoms. The average molecular weight is 492 g/mol. The molecule has 0 fully saturated rings. The van der Waals surface area contributed by atoms with Crippen LogP contribution < -0.4 is 5.32 Å². The van der Waals surface area contributed by atoms with Gasteiger partial charge in [0.1, 0.15) is 5.37 Å². The van der Waals surface area contributed by atoms with Gasteiger partial charge in [-0.3, -0.25) is 0 Å². The second-order valence-corrected chi connectivity index (χ2v) is 11.2. The Kier molecular flexibility index (Phi) is 4.71. The lowest BCUT2D eigenvalue weighted by atomic mass is 9.83. The minimum atomic E-state index is 0.251. The van der Waals surface area contributed by atoms with E-state index < -0.39 is 0 Å².